The number of benzene rings is 2. The van der Waals surface area contributed by atoms with E-state index in [1.807, 2.05) is 67.7 Å². The van der Waals surface area contributed by atoms with E-state index in [0.29, 0.717) is 0 Å². The van der Waals surface area contributed by atoms with Crippen molar-refractivity contribution in [3.63, 3.8) is 0 Å². The van der Waals surface area contributed by atoms with Crippen molar-refractivity contribution in [2.75, 3.05) is 0 Å². The molecule has 0 amide bonds. The number of hydrogen-bond acceptors (Lipinski definition) is 4. The summed E-state index contributed by atoms with van der Waals surface area (Å²) in [6.07, 6.45) is 1.84. The van der Waals surface area contributed by atoms with Crippen molar-refractivity contribution in [2.45, 2.75) is 17.6 Å². The van der Waals surface area contributed by atoms with Gasteiger partial charge in [-0.3, -0.25) is 4.98 Å². The molecule has 124 valence electrons. The van der Waals surface area contributed by atoms with E-state index >= 15 is 0 Å². The van der Waals surface area contributed by atoms with E-state index in [1.165, 1.54) is 4.90 Å². The first kappa shape index (κ1) is 15.7. The Kier molecular flexibility index (Phi) is 4.39. The first-order chi connectivity index (χ1) is 12.3. The summed E-state index contributed by atoms with van der Waals surface area (Å²) in [7, 11) is 0. The number of pyridine rings is 1. The molecule has 0 spiro atoms. The van der Waals surface area contributed by atoms with Crippen LogP contribution in [0.1, 0.15) is 11.5 Å². The van der Waals surface area contributed by atoms with Crippen molar-refractivity contribution >= 4 is 22.8 Å². The number of fused-ring (bicyclic) bond motifs is 1. The van der Waals surface area contributed by atoms with Gasteiger partial charge in [0, 0.05) is 22.9 Å². The molecule has 2 aromatic heterocycles. The topological polar surface area (TPSA) is 50.8 Å². The summed E-state index contributed by atoms with van der Waals surface area (Å²) in [6, 6.07) is 19.8. The van der Waals surface area contributed by atoms with Crippen LogP contribution in [0.2, 0.25) is 0 Å². The minimum absolute atomic E-state index is 0.785. The smallest absolute Gasteiger partial charge is 0.129 e. The molecule has 0 aliphatic rings. The number of H-pyrrole nitrogens is 1. The number of para-hydroxylation sites is 1. The SMILES string of the molecule is Cc1cc(SCc2nc3cc(Oc4ccccc4)ccc3[nH]2)ccn1. The molecule has 0 radical (unpaired) electrons. The monoisotopic (exact) mass is 347 g/mol. The molecule has 4 nitrogen and oxygen atoms in total. The molecule has 2 aromatic carbocycles. The average Bonchev–Trinajstić information content (AvgIpc) is 3.03. The van der Waals surface area contributed by atoms with E-state index in [-0.39, 0.29) is 0 Å². The number of hydrogen-bond donors (Lipinski definition) is 1. The molecule has 5 heteroatoms. The van der Waals surface area contributed by atoms with Crippen LogP contribution in [0.25, 0.3) is 11.0 Å². The third kappa shape index (κ3) is 3.83. The summed E-state index contributed by atoms with van der Waals surface area (Å²) in [5.74, 6) is 3.34. The highest BCUT2D eigenvalue weighted by molar-refractivity contribution is 7.98. The quantitative estimate of drug-likeness (QED) is 0.494. The number of ether oxygens (including phenoxy) is 1. The Hall–Kier alpha value is -2.79. The molecule has 4 aromatic rings. The minimum atomic E-state index is 0.785. The Morgan fingerprint density at radius 3 is 2.72 bits per heavy atom. The van der Waals surface area contributed by atoms with Crippen LogP contribution < -0.4 is 4.74 Å². The number of aromatic amines is 1. The average molecular weight is 347 g/mol. The van der Waals surface area contributed by atoms with Gasteiger partial charge in [0.15, 0.2) is 0 Å². The predicted octanol–water partition coefficient (Wildman–Crippen LogP) is 5.35. The number of nitrogens with one attached hydrogen (secondary N) is 1. The molecule has 0 saturated carbocycles. The Morgan fingerprint density at radius 2 is 1.88 bits per heavy atom. The summed E-state index contributed by atoms with van der Waals surface area (Å²) in [6.45, 7) is 2.00. The summed E-state index contributed by atoms with van der Waals surface area (Å²) < 4.78 is 5.87. The van der Waals surface area contributed by atoms with Crippen LogP contribution in [0, 0.1) is 6.92 Å². The maximum atomic E-state index is 5.87. The van der Waals surface area contributed by atoms with Gasteiger partial charge in [-0.05, 0) is 43.3 Å². The van der Waals surface area contributed by atoms with Crippen LogP contribution in [0.5, 0.6) is 11.5 Å². The highest BCUT2D eigenvalue weighted by atomic mass is 32.2. The lowest BCUT2D eigenvalue weighted by Gasteiger charge is -2.04. The van der Waals surface area contributed by atoms with E-state index in [1.54, 1.807) is 11.8 Å². The molecule has 0 unspecified atom stereocenters. The number of rotatable bonds is 5. The third-order valence-corrected chi connectivity index (χ3v) is 4.73. The highest BCUT2D eigenvalue weighted by Crippen LogP contribution is 2.26. The normalized spacial score (nSPS) is 10.9. The van der Waals surface area contributed by atoms with Crippen LogP contribution in [-0.2, 0) is 5.75 Å². The molecular formula is C20H17N3OS. The van der Waals surface area contributed by atoms with Crippen LogP contribution >= 0.6 is 11.8 Å². The lowest BCUT2D eigenvalue weighted by molar-refractivity contribution is 0.483. The molecule has 4 rings (SSSR count). The maximum Gasteiger partial charge on any atom is 0.129 e. The number of aromatic nitrogens is 3. The van der Waals surface area contributed by atoms with Gasteiger partial charge in [0.05, 0.1) is 16.8 Å². The minimum Gasteiger partial charge on any atom is -0.457 e. The fraction of sp³-hybridized carbons (Fsp3) is 0.100. The van der Waals surface area contributed by atoms with Crippen molar-refractivity contribution in [3.8, 4) is 11.5 Å². The van der Waals surface area contributed by atoms with E-state index in [4.69, 9.17) is 4.74 Å². The molecule has 0 fully saturated rings. The van der Waals surface area contributed by atoms with Gasteiger partial charge in [-0.2, -0.15) is 0 Å². The summed E-state index contributed by atoms with van der Waals surface area (Å²) in [5, 5.41) is 0. The molecule has 25 heavy (non-hydrogen) atoms. The van der Waals surface area contributed by atoms with E-state index in [0.717, 1.165) is 39.8 Å². The van der Waals surface area contributed by atoms with Crippen LogP contribution in [-0.4, -0.2) is 15.0 Å². The molecule has 2 heterocycles. The van der Waals surface area contributed by atoms with Crippen molar-refractivity contribution in [2.24, 2.45) is 0 Å². The fourth-order valence-corrected chi connectivity index (χ4v) is 3.41. The molecule has 0 saturated heterocycles. The van der Waals surface area contributed by atoms with E-state index in [2.05, 4.69) is 21.0 Å². The second-order valence-electron chi connectivity index (χ2n) is 5.70. The van der Waals surface area contributed by atoms with Gasteiger partial charge < -0.3 is 9.72 Å². The number of imidazole rings is 1. The lowest BCUT2D eigenvalue weighted by atomic mass is 10.3. The van der Waals surface area contributed by atoms with Gasteiger partial charge >= 0.3 is 0 Å². The van der Waals surface area contributed by atoms with E-state index < -0.39 is 0 Å². The second-order valence-corrected chi connectivity index (χ2v) is 6.75. The Bertz CT molecular complexity index is 998. The van der Waals surface area contributed by atoms with Gasteiger partial charge in [-0.1, -0.05) is 18.2 Å². The zero-order valence-corrected chi connectivity index (χ0v) is 14.6. The largest absolute Gasteiger partial charge is 0.457 e. The lowest BCUT2D eigenvalue weighted by Crippen LogP contribution is -1.85. The molecule has 0 atom stereocenters. The standard InChI is InChI=1S/C20H17N3OS/c1-14-11-17(9-10-21-14)25-13-20-22-18-8-7-16(12-19(18)23-20)24-15-5-3-2-4-6-15/h2-12H,13H2,1H3,(H,22,23). The van der Waals surface area contributed by atoms with Crippen molar-refractivity contribution < 1.29 is 4.74 Å². The first-order valence-electron chi connectivity index (χ1n) is 8.03. The zero-order chi connectivity index (χ0) is 17.1. The Labute approximate surface area is 150 Å². The molecule has 0 aliphatic carbocycles. The van der Waals surface area contributed by atoms with Crippen LogP contribution in [0.4, 0.5) is 0 Å². The second kappa shape index (κ2) is 6.99. The zero-order valence-electron chi connectivity index (χ0n) is 13.8. The number of aryl methyl sites for hydroxylation is 1. The molecule has 0 aliphatic heterocycles. The Balaban J connectivity index is 1.50. The molecule has 1 N–H and O–H groups in total. The van der Waals surface area contributed by atoms with Gasteiger partial charge in [0.2, 0.25) is 0 Å². The molecular weight excluding hydrogens is 330 g/mol. The highest BCUT2D eigenvalue weighted by Gasteiger charge is 2.06. The van der Waals surface area contributed by atoms with Crippen molar-refractivity contribution in [3.05, 3.63) is 78.4 Å². The van der Waals surface area contributed by atoms with E-state index in [9.17, 15) is 0 Å². The van der Waals surface area contributed by atoms with Gasteiger partial charge in [-0.15, -0.1) is 11.8 Å². The fourth-order valence-electron chi connectivity index (χ4n) is 2.56. The molecule has 0 bridgehead atoms. The van der Waals surface area contributed by atoms with Crippen LogP contribution in [0.3, 0.4) is 0 Å². The van der Waals surface area contributed by atoms with Gasteiger partial charge in [0.1, 0.15) is 17.3 Å². The summed E-state index contributed by atoms with van der Waals surface area (Å²) in [4.78, 5) is 13.5. The van der Waals surface area contributed by atoms with Gasteiger partial charge in [0.25, 0.3) is 0 Å². The van der Waals surface area contributed by atoms with Crippen LogP contribution in [0.15, 0.2) is 71.8 Å². The number of nitrogens with zero attached hydrogens (tertiary/aromatic N) is 2. The summed E-state index contributed by atoms with van der Waals surface area (Å²) >= 11 is 1.74. The van der Waals surface area contributed by atoms with Crippen molar-refractivity contribution in [1.82, 2.24) is 15.0 Å². The first-order valence-corrected chi connectivity index (χ1v) is 9.02. The maximum absolute atomic E-state index is 5.87. The number of thioether (sulfide) groups is 1. The van der Waals surface area contributed by atoms with Crippen molar-refractivity contribution in [1.29, 1.82) is 0 Å². The Morgan fingerprint density at radius 1 is 1.00 bits per heavy atom. The predicted molar refractivity (Wildman–Crippen MR) is 101 cm³/mol. The van der Waals surface area contributed by atoms with Gasteiger partial charge in [-0.25, -0.2) is 4.98 Å². The summed E-state index contributed by atoms with van der Waals surface area (Å²) in [5.41, 5.74) is 2.95. The third-order valence-electron chi connectivity index (χ3n) is 3.73.